The summed E-state index contributed by atoms with van der Waals surface area (Å²) >= 11 is 1.67. The number of rotatable bonds is 5. The van der Waals surface area contributed by atoms with E-state index in [1.54, 1.807) is 18.3 Å². The lowest BCUT2D eigenvalue weighted by atomic mass is 10.4. The molecule has 1 aromatic rings. The summed E-state index contributed by atoms with van der Waals surface area (Å²) in [5, 5.41) is 16.9. The van der Waals surface area contributed by atoms with Gasteiger partial charge in [0.05, 0.1) is 10.8 Å². The summed E-state index contributed by atoms with van der Waals surface area (Å²) in [4.78, 5) is 13.5. The van der Waals surface area contributed by atoms with E-state index in [1.165, 1.54) is 0 Å². The Morgan fingerprint density at radius 1 is 1.42 bits per heavy atom. The van der Waals surface area contributed by atoms with E-state index in [0.717, 1.165) is 17.2 Å². The molecular weight excluding hydrogens is 262 g/mol. The Labute approximate surface area is 119 Å². The normalized spacial score (nSPS) is 8.05. The summed E-state index contributed by atoms with van der Waals surface area (Å²) < 4.78 is 0. The predicted octanol–water partition coefficient (Wildman–Crippen LogP) is 2.47. The monoisotopic (exact) mass is 287 g/mol. The fourth-order valence-electron chi connectivity index (χ4n) is 0.872. The van der Waals surface area contributed by atoms with Gasteiger partial charge in [-0.2, -0.15) is 0 Å². The Balaban J connectivity index is 0. The van der Waals surface area contributed by atoms with Crippen LogP contribution in [0.25, 0.3) is 0 Å². The molecule has 0 fully saturated rings. The van der Waals surface area contributed by atoms with Gasteiger partial charge in [-0.05, 0) is 6.08 Å². The van der Waals surface area contributed by atoms with Crippen LogP contribution >= 0.6 is 11.3 Å². The number of nitrogens with zero attached hydrogens (tertiary/aromatic N) is 1. The van der Waals surface area contributed by atoms with E-state index in [1.807, 2.05) is 39.5 Å². The molecule has 110 valence electrons. The molecule has 0 aromatic carbocycles. The average molecular weight is 287 g/mol. The molecule has 3 N–H and O–H groups in total. The minimum Gasteiger partial charge on any atom is -0.481 e. The molecule has 1 aromatic heterocycles. The quantitative estimate of drug-likeness (QED) is 0.776. The fraction of sp³-hybridized carbons (Fsp3) is 0.538. The largest absolute Gasteiger partial charge is 0.481 e. The molecule has 0 spiro atoms. The van der Waals surface area contributed by atoms with Crippen LogP contribution in [0, 0.1) is 0 Å². The van der Waals surface area contributed by atoms with Gasteiger partial charge in [0.2, 0.25) is 0 Å². The molecule has 0 bridgehead atoms. The molecule has 0 saturated heterocycles. The van der Waals surface area contributed by atoms with Gasteiger partial charge in [-0.1, -0.05) is 20.8 Å². The van der Waals surface area contributed by atoms with E-state index >= 15 is 0 Å². The van der Waals surface area contributed by atoms with Gasteiger partial charge in [-0.3, -0.25) is 4.79 Å². The topological polar surface area (TPSA) is 74.2 Å². The Kier molecular flexibility index (Phi) is 15.1. The van der Waals surface area contributed by atoms with Crippen LogP contribution in [0.4, 0.5) is 0 Å². The van der Waals surface area contributed by atoms with Crippen molar-refractivity contribution in [2.75, 3.05) is 14.1 Å². The molecule has 6 heteroatoms. The van der Waals surface area contributed by atoms with Crippen molar-refractivity contribution in [1.29, 1.82) is 0 Å². The summed E-state index contributed by atoms with van der Waals surface area (Å²) in [6.07, 6.45) is 5.01. The van der Waals surface area contributed by atoms with Crippen LogP contribution in [-0.4, -0.2) is 30.2 Å². The maximum Gasteiger partial charge on any atom is 0.303 e. The molecule has 0 saturated carbocycles. The number of carboxylic acid groups (broad SMARTS) is 1. The maximum atomic E-state index is 9.37. The van der Waals surface area contributed by atoms with E-state index in [0.29, 0.717) is 0 Å². The third kappa shape index (κ3) is 12.7. The van der Waals surface area contributed by atoms with Crippen LogP contribution in [0.5, 0.6) is 0 Å². The number of hydrogen-bond acceptors (Lipinski definition) is 5. The van der Waals surface area contributed by atoms with E-state index in [9.17, 15) is 4.79 Å². The highest BCUT2D eigenvalue weighted by Gasteiger charge is 1.92. The van der Waals surface area contributed by atoms with Crippen molar-refractivity contribution in [2.24, 2.45) is 0 Å². The molecule has 19 heavy (non-hydrogen) atoms. The molecule has 1 rings (SSSR count). The lowest BCUT2D eigenvalue weighted by Crippen LogP contribution is -2.19. The van der Waals surface area contributed by atoms with Gasteiger partial charge in [-0.25, -0.2) is 4.98 Å². The van der Waals surface area contributed by atoms with Crippen LogP contribution in [0.2, 0.25) is 0 Å². The van der Waals surface area contributed by atoms with E-state index < -0.39 is 5.97 Å². The summed E-state index contributed by atoms with van der Waals surface area (Å²) in [6, 6.07) is 0. The van der Waals surface area contributed by atoms with Crippen molar-refractivity contribution in [3.8, 4) is 0 Å². The number of aliphatic carboxylic acids is 1. The molecule has 5 nitrogen and oxygen atoms in total. The fourth-order valence-corrected chi connectivity index (χ4v) is 1.45. The smallest absolute Gasteiger partial charge is 0.303 e. The highest BCUT2D eigenvalue weighted by molar-refractivity contribution is 7.09. The van der Waals surface area contributed by atoms with Gasteiger partial charge in [0, 0.05) is 38.5 Å². The molecule has 0 aliphatic heterocycles. The first kappa shape index (κ1) is 19.8. The first-order valence-corrected chi connectivity index (χ1v) is 7.17. The summed E-state index contributed by atoms with van der Waals surface area (Å²) in [5.41, 5.74) is 0. The highest BCUT2D eigenvalue weighted by Crippen LogP contribution is 2.05. The minimum absolute atomic E-state index is 0.222. The third-order valence-corrected chi connectivity index (χ3v) is 2.61. The number of aromatic nitrogens is 1. The van der Waals surface area contributed by atoms with Crippen molar-refractivity contribution in [2.45, 2.75) is 33.6 Å². The number of hydrogen-bond donors (Lipinski definition) is 3. The van der Waals surface area contributed by atoms with Crippen LogP contribution in [-0.2, 0) is 11.2 Å². The van der Waals surface area contributed by atoms with Crippen LogP contribution in [0.15, 0.2) is 23.5 Å². The van der Waals surface area contributed by atoms with Crippen molar-refractivity contribution in [3.05, 3.63) is 28.5 Å². The lowest BCUT2D eigenvalue weighted by Gasteiger charge is -2.03. The summed E-state index contributed by atoms with van der Waals surface area (Å²) in [7, 11) is 3.79. The molecule has 0 atom stereocenters. The second-order valence-corrected chi connectivity index (χ2v) is 3.97. The minimum atomic E-state index is -0.745. The standard InChI is InChI=1S/C8H13N3S.C3H6O2.C2H6/c1-9-7(10-2)3-4-8-11-5-6-12-8;1-2-3(4)5;1-2/h3,5-6,9-10H,4H2,1-2H3;2H2,1H3,(H,4,5);1-2H3. The zero-order valence-corrected chi connectivity index (χ0v) is 13.2. The zero-order valence-electron chi connectivity index (χ0n) is 12.4. The second kappa shape index (κ2) is 14.5. The Morgan fingerprint density at radius 2 is 1.95 bits per heavy atom. The Hall–Kier alpha value is -1.56. The van der Waals surface area contributed by atoms with Crippen molar-refractivity contribution < 1.29 is 9.90 Å². The first-order valence-electron chi connectivity index (χ1n) is 6.29. The summed E-state index contributed by atoms with van der Waals surface area (Å²) in [5.74, 6) is 0.287. The van der Waals surface area contributed by atoms with Crippen molar-refractivity contribution in [3.63, 3.8) is 0 Å². The maximum absolute atomic E-state index is 9.37. The van der Waals surface area contributed by atoms with Gasteiger partial charge >= 0.3 is 5.97 Å². The predicted molar refractivity (Wildman–Crippen MR) is 81.3 cm³/mol. The second-order valence-electron chi connectivity index (χ2n) is 3.00. The summed E-state index contributed by atoms with van der Waals surface area (Å²) in [6.45, 7) is 5.60. The molecule has 0 radical (unpaired) electrons. The Bertz CT molecular complexity index is 332. The zero-order chi connectivity index (χ0) is 15.1. The SMILES string of the molecule is CC.CCC(=O)O.CNC(=CCc1nccs1)NC. The molecule has 0 amide bonds. The number of carbonyl (C=O) groups is 1. The average Bonchev–Trinajstić information content (AvgIpc) is 2.96. The molecular formula is C13H25N3O2S. The third-order valence-electron chi connectivity index (χ3n) is 1.81. The number of thiazole rings is 1. The highest BCUT2D eigenvalue weighted by atomic mass is 32.1. The van der Waals surface area contributed by atoms with Crippen LogP contribution < -0.4 is 10.6 Å². The van der Waals surface area contributed by atoms with Crippen molar-refractivity contribution in [1.82, 2.24) is 15.6 Å². The van der Waals surface area contributed by atoms with Gasteiger partial charge in [-0.15, -0.1) is 11.3 Å². The van der Waals surface area contributed by atoms with E-state index in [2.05, 4.69) is 21.7 Å². The van der Waals surface area contributed by atoms with E-state index in [4.69, 9.17) is 5.11 Å². The van der Waals surface area contributed by atoms with Gasteiger partial charge in [0.25, 0.3) is 0 Å². The molecule has 0 aliphatic rings. The molecule has 0 unspecified atom stereocenters. The molecule has 0 aliphatic carbocycles. The lowest BCUT2D eigenvalue weighted by molar-refractivity contribution is -0.136. The van der Waals surface area contributed by atoms with Crippen LogP contribution in [0.3, 0.4) is 0 Å². The van der Waals surface area contributed by atoms with E-state index in [-0.39, 0.29) is 6.42 Å². The number of nitrogens with one attached hydrogen (secondary N) is 2. The molecule has 1 heterocycles. The number of allylic oxidation sites excluding steroid dienone is 1. The Morgan fingerprint density at radius 3 is 2.26 bits per heavy atom. The van der Waals surface area contributed by atoms with Gasteiger partial charge in [0.1, 0.15) is 0 Å². The van der Waals surface area contributed by atoms with Crippen LogP contribution in [0.1, 0.15) is 32.2 Å². The van der Waals surface area contributed by atoms with Crippen molar-refractivity contribution >= 4 is 17.3 Å². The van der Waals surface area contributed by atoms with Gasteiger partial charge < -0.3 is 15.7 Å². The van der Waals surface area contributed by atoms with Gasteiger partial charge in [0.15, 0.2) is 0 Å². The number of carboxylic acids is 1. The first-order chi connectivity index (χ1) is 9.13.